The number of guanidine groups is 1. The third-order valence-corrected chi connectivity index (χ3v) is 3.33. The first-order valence-electron chi connectivity index (χ1n) is 6.63. The quantitative estimate of drug-likeness (QED) is 0.552. The number of aliphatic imine (C=N–C) groups is 1. The van der Waals surface area contributed by atoms with Gasteiger partial charge in [-0.1, -0.05) is 12.8 Å². The van der Waals surface area contributed by atoms with Crippen LogP contribution in [0.4, 0.5) is 0 Å². The van der Waals surface area contributed by atoms with Gasteiger partial charge in [0.1, 0.15) is 0 Å². The van der Waals surface area contributed by atoms with Gasteiger partial charge in [0.15, 0.2) is 5.96 Å². The molecule has 0 radical (unpaired) electrons. The van der Waals surface area contributed by atoms with Gasteiger partial charge in [0.25, 0.3) is 0 Å². The van der Waals surface area contributed by atoms with Crippen LogP contribution in [0, 0.1) is 0 Å². The molecule has 0 bridgehead atoms. The van der Waals surface area contributed by atoms with Crippen molar-refractivity contribution in [3.63, 3.8) is 0 Å². The molecule has 1 aliphatic heterocycles. The second-order valence-corrected chi connectivity index (χ2v) is 4.94. The summed E-state index contributed by atoms with van der Waals surface area (Å²) < 4.78 is 0. The Morgan fingerprint density at radius 3 is 2.50 bits per heavy atom. The summed E-state index contributed by atoms with van der Waals surface area (Å²) in [6, 6.07) is 0.613. The molecule has 0 unspecified atom stereocenters. The lowest BCUT2D eigenvalue weighted by Gasteiger charge is -2.18. The van der Waals surface area contributed by atoms with Crippen molar-refractivity contribution in [1.29, 1.82) is 0 Å². The van der Waals surface area contributed by atoms with Crippen molar-refractivity contribution in [1.82, 2.24) is 10.2 Å². The van der Waals surface area contributed by atoms with Crippen LogP contribution in [-0.2, 0) is 0 Å². The lowest BCUT2D eigenvalue weighted by Crippen LogP contribution is -2.34. The Morgan fingerprint density at radius 2 is 1.88 bits per heavy atom. The van der Waals surface area contributed by atoms with Gasteiger partial charge in [-0.05, 0) is 38.8 Å². The summed E-state index contributed by atoms with van der Waals surface area (Å²) in [6.07, 6.45) is 7.99. The van der Waals surface area contributed by atoms with Crippen LogP contribution in [0.5, 0.6) is 0 Å². The molecule has 4 nitrogen and oxygen atoms in total. The molecule has 3 N–H and O–H groups in total. The van der Waals surface area contributed by atoms with Gasteiger partial charge >= 0.3 is 0 Å². The van der Waals surface area contributed by atoms with Crippen LogP contribution in [0.3, 0.4) is 0 Å². The van der Waals surface area contributed by atoms with Crippen molar-refractivity contribution in [2.45, 2.75) is 44.6 Å². The molecule has 4 heteroatoms. The third kappa shape index (κ3) is 4.39. The Bertz CT molecular complexity index is 227. The minimum Gasteiger partial charge on any atom is -0.370 e. The maximum atomic E-state index is 5.78. The molecule has 1 saturated heterocycles. The first-order valence-corrected chi connectivity index (χ1v) is 6.63. The molecule has 0 aromatic rings. The number of hydrogen-bond donors (Lipinski definition) is 2. The van der Waals surface area contributed by atoms with Crippen molar-refractivity contribution < 1.29 is 0 Å². The largest absolute Gasteiger partial charge is 0.370 e. The third-order valence-electron chi connectivity index (χ3n) is 3.33. The van der Waals surface area contributed by atoms with Crippen LogP contribution >= 0.6 is 0 Å². The molecule has 16 heavy (non-hydrogen) atoms. The number of nitrogens with zero attached hydrogens (tertiary/aromatic N) is 2. The predicted octanol–water partition coefficient (Wildman–Crippen LogP) is 0.929. The molecule has 92 valence electrons. The van der Waals surface area contributed by atoms with E-state index in [2.05, 4.69) is 15.2 Å². The fourth-order valence-electron chi connectivity index (χ4n) is 2.15. The standard InChI is InChI=1S/C12H24N4/c13-12(15-11-5-6-11)14-7-10-16-8-3-1-2-4-9-16/h11H,1-10H2,(H3,13,14,15). The highest BCUT2D eigenvalue weighted by atomic mass is 15.2. The number of nitrogens with two attached hydrogens (primary N) is 1. The van der Waals surface area contributed by atoms with Gasteiger partial charge in [-0.3, -0.25) is 4.99 Å². The maximum absolute atomic E-state index is 5.78. The smallest absolute Gasteiger partial charge is 0.188 e. The molecule has 2 rings (SSSR count). The van der Waals surface area contributed by atoms with Crippen molar-refractivity contribution in [3.05, 3.63) is 0 Å². The van der Waals surface area contributed by atoms with Crippen molar-refractivity contribution in [2.24, 2.45) is 10.7 Å². The van der Waals surface area contributed by atoms with E-state index in [1.807, 2.05) is 0 Å². The van der Waals surface area contributed by atoms with Crippen molar-refractivity contribution >= 4 is 5.96 Å². The van der Waals surface area contributed by atoms with Gasteiger partial charge in [-0.15, -0.1) is 0 Å². The predicted molar refractivity (Wildman–Crippen MR) is 67.6 cm³/mol. The van der Waals surface area contributed by atoms with E-state index in [4.69, 9.17) is 5.73 Å². The summed E-state index contributed by atoms with van der Waals surface area (Å²) in [5, 5.41) is 3.21. The molecule has 2 aliphatic rings. The van der Waals surface area contributed by atoms with Gasteiger partial charge in [-0.25, -0.2) is 0 Å². The van der Waals surface area contributed by atoms with E-state index in [9.17, 15) is 0 Å². The first-order chi connectivity index (χ1) is 7.84. The zero-order valence-corrected chi connectivity index (χ0v) is 10.1. The SMILES string of the molecule is NC(=NCCN1CCCCCC1)NC1CC1. The number of hydrogen-bond acceptors (Lipinski definition) is 2. The minimum atomic E-state index is 0.613. The van der Waals surface area contributed by atoms with Crippen LogP contribution in [0.1, 0.15) is 38.5 Å². The topological polar surface area (TPSA) is 53.6 Å². The average Bonchev–Trinajstić information content (AvgIpc) is 3.05. The molecule has 1 saturated carbocycles. The Balaban J connectivity index is 1.61. The van der Waals surface area contributed by atoms with E-state index in [0.717, 1.165) is 13.1 Å². The van der Waals surface area contributed by atoms with Crippen LogP contribution in [-0.4, -0.2) is 43.1 Å². The summed E-state index contributed by atoms with van der Waals surface area (Å²) in [7, 11) is 0. The van der Waals surface area contributed by atoms with Gasteiger partial charge in [0, 0.05) is 12.6 Å². The normalized spacial score (nSPS) is 24.1. The highest BCUT2D eigenvalue weighted by Gasteiger charge is 2.21. The second-order valence-electron chi connectivity index (χ2n) is 4.94. The van der Waals surface area contributed by atoms with E-state index in [0.29, 0.717) is 12.0 Å². The van der Waals surface area contributed by atoms with Crippen LogP contribution in [0.25, 0.3) is 0 Å². The fourth-order valence-corrected chi connectivity index (χ4v) is 2.15. The molecule has 0 atom stereocenters. The van der Waals surface area contributed by atoms with Gasteiger partial charge in [0.05, 0.1) is 6.54 Å². The fraction of sp³-hybridized carbons (Fsp3) is 0.917. The van der Waals surface area contributed by atoms with E-state index < -0.39 is 0 Å². The van der Waals surface area contributed by atoms with Gasteiger partial charge in [0.2, 0.25) is 0 Å². The second kappa shape index (κ2) is 6.09. The van der Waals surface area contributed by atoms with Crippen molar-refractivity contribution in [3.8, 4) is 0 Å². The number of rotatable bonds is 4. The number of nitrogens with one attached hydrogen (secondary N) is 1. The summed E-state index contributed by atoms with van der Waals surface area (Å²) >= 11 is 0. The lowest BCUT2D eigenvalue weighted by atomic mass is 10.2. The lowest BCUT2D eigenvalue weighted by molar-refractivity contribution is 0.293. The molecular weight excluding hydrogens is 200 g/mol. The highest BCUT2D eigenvalue weighted by Crippen LogP contribution is 2.17. The molecule has 0 amide bonds. The summed E-state index contributed by atoms with van der Waals surface area (Å²) in [4.78, 5) is 6.89. The Kier molecular flexibility index (Phi) is 4.45. The molecule has 0 aromatic heterocycles. The Morgan fingerprint density at radius 1 is 1.19 bits per heavy atom. The van der Waals surface area contributed by atoms with Crippen molar-refractivity contribution in [2.75, 3.05) is 26.2 Å². The summed E-state index contributed by atoms with van der Waals surface area (Å²) in [6.45, 7) is 4.38. The first kappa shape index (κ1) is 11.7. The molecule has 0 spiro atoms. The molecule has 1 aliphatic carbocycles. The van der Waals surface area contributed by atoms with Crippen LogP contribution in [0.2, 0.25) is 0 Å². The van der Waals surface area contributed by atoms with E-state index in [1.165, 1.54) is 51.6 Å². The Labute approximate surface area is 98.3 Å². The highest BCUT2D eigenvalue weighted by molar-refractivity contribution is 5.78. The van der Waals surface area contributed by atoms with Crippen LogP contribution in [0.15, 0.2) is 4.99 Å². The van der Waals surface area contributed by atoms with E-state index in [-0.39, 0.29) is 0 Å². The molecule has 1 heterocycles. The monoisotopic (exact) mass is 224 g/mol. The van der Waals surface area contributed by atoms with E-state index >= 15 is 0 Å². The molecule has 2 fully saturated rings. The molecule has 0 aromatic carbocycles. The zero-order valence-electron chi connectivity index (χ0n) is 10.1. The number of likely N-dealkylation sites (tertiary alicyclic amines) is 1. The zero-order chi connectivity index (χ0) is 11.2. The van der Waals surface area contributed by atoms with E-state index in [1.54, 1.807) is 0 Å². The van der Waals surface area contributed by atoms with Gasteiger partial charge < -0.3 is 16.0 Å². The average molecular weight is 224 g/mol. The minimum absolute atomic E-state index is 0.613. The van der Waals surface area contributed by atoms with Crippen LogP contribution < -0.4 is 11.1 Å². The Hall–Kier alpha value is -0.770. The maximum Gasteiger partial charge on any atom is 0.188 e. The van der Waals surface area contributed by atoms with Gasteiger partial charge in [-0.2, -0.15) is 0 Å². The molecular formula is C12H24N4. The summed E-state index contributed by atoms with van der Waals surface area (Å²) in [5.74, 6) is 0.636. The summed E-state index contributed by atoms with van der Waals surface area (Å²) in [5.41, 5.74) is 5.78.